The van der Waals surface area contributed by atoms with Gasteiger partial charge in [0.15, 0.2) is 11.5 Å². The van der Waals surface area contributed by atoms with Gasteiger partial charge in [0.25, 0.3) is 5.24 Å². The molecule has 28 heavy (non-hydrogen) atoms. The number of ether oxygens (including phenoxy) is 2. The molecule has 0 bridgehead atoms. The minimum absolute atomic E-state index is 0.107. The van der Waals surface area contributed by atoms with Gasteiger partial charge in [-0.05, 0) is 64.3 Å². The van der Waals surface area contributed by atoms with Gasteiger partial charge in [0.1, 0.15) is 6.61 Å². The molecule has 5 nitrogen and oxygen atoms in total. The second-order valence-electron chi connectivity index (χ2n) is 5.83. The number of carbonyl (C=O) groups is 2. The maximum Gasteiger partial charge on any atom is 0.293 e. The number of rotatable bonds is 6. The molecule has 1 saturated heterocycles. The van der Waals surface area contributed by atoms with Crippen molar-refractivity contribution in [3.8, 4) is 23.8 Å². The van der Waals surface area contributed by atoms with E-state index in [4.69, 9.17) is 27.5 Å². The fraction of sp³-hybridized carbons (Fsp3) is 0.200. The summed E-state index contributed by atoms with van der Waals surface area (Å²) in [5.41, 5.74) is 1.33. The van der Waals surface area contributed by atoms with Crippen LogP contribution >= 0.6 is 39.3 Å². The molecule has 0 saturated carbocycles. The standard InChI is InChI=1S/C20H15BrClNO4S/c1-3-8-27-18-15(21)9-12(10-16(18)26-2)11-17-19(24)23(20(25)28-17)14-6-4-13(22)5-7-14/h1,4-7,9-10,17H,8,11H2,2H3/t17-/m1/s1. The van der Waals surface area contributed by atoms with Crippen LogP contribution in [-0.2, 0) is 11.2 Å². The lowest BCUT2D eigenvalue weighted by molar-refractivity contribution is -0.117. The number of hydrogen-bond acceptors (Lipinski definition) is 5. The molecule has 1 atom stereocenters. The molecule has 8 heteroatoms. The first-order chi connectivity index (χ1) is 13.4. The second kappa shape index (κ2) is 8.91. The zero-order valence-electron chi connectivity index (χ0n) is 14.8. The molecule has 2 aromatic carbocycles. The number of anilines is 1. The molecule has 0 aromatic heterocycles. The molecule has 1 aliphatic heterocycles. The number of methoxy groups -OCH3 is 1. The Morgan fingerprint density at radius 3 is 2.64 bits per heavy atom. The Labute approximate surface area is 180 Å². The number of amides is 2. The smallest absolute Gasteiger partial charge is 0.293 e. The first-order valence-corrected chi connectivity index (χ1v) is 10.2. The third kappa shape index (κ3) is 4.30. The van der Waals surface area contributed by atoms with Crippen molar-refractivity contribution in [1.29, 1.82) is 0 Å². The van der Waals surface area contributed by atoms with E-state index < -0.39 is 5.25 Å². The maximum absolute atomic E-state index is 12.8. The Morgan fingerprint density at radius 2 is 2.00 bits per heavy atom. The van der Waals surface area contributed by atoms with Gasteiger partial charge in [-0.25, -0.2) is 4.90 Å². The van der Waals surface area contributed by atoms with Gasteiger partial charge in [0.05, 0.1) is 22.5 Å². The first kappa shape index (κ1) is 20.6. The number of halogens is 2. The summed E-state index contributed by atoms with van der Waals surface area (Å²) in [6.45, 7) is 0.107. The van der Waals surface area contributed by atoms with Crippen LogP contribution in [0.3, 0.4) is 0 Å². The number of nitrogens with zero attached hydrogens (tertiary/aromatic N) is 1. The summed E-state index contributed by atoms with van der Waals surface area (Å²) >= 11 is 10.3. The Balaban J connectivity index is 1.81. The molecule has 3 rings (SSSR count). The zero-order valence-corrected chi connectivity index (χ0v) is 17.9. The number of terminal acetylenes is 1. The second-order valence-corrected chi connectivity index (χ2v) is 8.27. The van der Waals surface area contributed by atoms with Crippen molar-refractivity contribution in [3.05, 3.63) is 51.5 Å². The SMILES string of the molecule is C#CCOc1c(Br)cc(C[C@H]2SC(=O)N(c3ccc(Cl)cc3)C2=O)cc1OC. The van der Waals surface area contributed by atoms with Gasteiger partial charge in [-0.2, -0.15) is 0 Å². The number of thioether (sulfide) groups is 1. The number of benzene rings is 2. The molecule has 1 heterocycles. The fourth-order valence-electron chi connectivity index (χ4n) is 2.77. The van der Waals surface area contributed by atoms with Crippen LogP contribution in [0.2, 0.25) is 5.02 Å². The highest BCUT2D eigenvalue weighted by molar-refractivity contribution is 9.10. The Bertz CT molecular complexity index is 958. The van der Waals surface area contributed by atoms with E-state index in [-0.39, 0.29) is 17.8 Å². The van der Waals surface area contributed by atoms with Crippen molar-refractivity contribution in [1.82, 2.24) is 0 Å². The monoisotopic (exact) mass is 479 g/mol. The van der Waals surface area contributed by atoms with Gasteiger partial charge in [-0.3, -0.25) is 9.59 Å². The highest BCUT2D eigenvalue weighted by Gasteiger charge is 2.40. The predicted octanol–water partition coefficient (Wildman–Crippen LogP) is 4.93. The van der Waals surface area contributed by atoms with E-state index in [0.29, 0.717) is 33.1 Å². The van der Waals surface area contributed by atoms with Crippen LogP contribution in [-0.4, -0.2) is 30.1 Å². The lowest BCUT2D eigenvalue weighted by Gasteiger charge is -2.15. The van der Waals surface area contributed by atoms with E-state index in [2.05, 4.69) is 21.9 Å². The summed E-state index contributed by atoms with van der Waals surface area (Å²) in [6.07, 6.45) is 5.60. The van der Waals surface area contributed by atoms with E-state index in [0.717, 1.165) is 17.3 Å². The Morgan fingerprint density at radius 1 is 1.29 bits per heavy atom. The summed E-state index contributed by atoms with van der Waals surface area (Å²) in [5, 5.41) is -0.300. The van der Waals surface area contributed by atoms with E-state index in [1.807, 2.05) is 6.07 Å². The third-order valence-electron chi connectivity index (χ3n) is 4.02. The zero-order chi connectivity index (χ0) is 20.3. The molecule has 2 amide bonds. The molecule has 144 valence electrons. The van der Waals surface area contributed by atoms with Crippen molar-refractivity contribution < 1.29 is 19.1 Å². The minimum Gasteiger partial charge on any atom is -0.493 e. The van der Waals surface area contributed by atoms with Gasteiger partial charge < -0.3 is 9.47 Å². The summed E-state index contributed by atoms with van der Waals surface area (Å²) in [4.78, 5) is 26.4. The maximum atomic E-state index is 12.8. The third-order valence-corrected chi connectivity index (χ3v) is 5.89. The fourth-order valence-corrected chi connectivity index (χ4v) is 4.53. The number of hydrogen-bond donors (Lipinski definition) is 0. The molecule has 1 fully saturated rings. The molecule has 0 radical (unpaired) electrons. The Kier molecular flexibility index (Phi) is 6.55. The molecule has 1 aliphatic rings. The molecular weight excluding hydrogens is 466 g/mol. The topological polar surface area (TPSA) is 55.8 Å². The number of carbonyl (C=O) groups excluding carboxylic acids is 2. The van der Waals surface area contributed by atoms with E-state index in [1.54, 1.807) is 30.3 Å². The van der Waals surface area contributed by atoms with Crippen LogP contribution in [0.5, 0.6) is 11.5 Å². The average molecular weight is 481 g/mol. The van der Waals surface area contributed by atoms with Crippen LogP contribution < -0.4 is 14.4 Å². The van der Waals surface area contributed by atoms with Gasteiger partial charge in [-0.15, -0.1) is 6.42 Å². The molecule has 0 unspecified atom stereocenters. The summed E-state index contributed by atoms with van der Waals surface area (Å²) < 4.78 is 11.5. The normalized spacial score (nSPS) is 16.2. The van der Waals surface area contributed by atoms with Crippen molar-refractivity contribution in [3.63, 3.8) is 0 Å². The van der Waals surface area contributed by atoms with Crippen LogP contribution in [0.25, 0.3) is 0 Å². The average Bonchev–Trinajstić information content (AvgIpc) is 2.94. The quantitative estimate of drug-likeness (QED) is 0.549. The van der Waals surface area contributed by atoms with E-state index >= 15 is 0 Å². The van der Waals surface area contributed by atoms with Crippen LogP contribution in [0, 0.1) is 12.3 Å². The molecule has 0 N–H and O–H groups in total. The predicted molar refractivity (Wildman–Crippen MR) is 114 cm³/mol. The van der Waals surface area contributed by atoms with E-state index in [1.165, 1.54) is 12.0 Å². The van der Waals surface area contributed by atoms with Gasteiger partial charge >= 0.3 is 0 Å². The van der Waals surface area contributed by atoms with Crippen molar-refractivity contribution in [2.75, 3.05) is 18.6 Å². The molecule has 2 aromatic rings. The number of imide groups is 1. The van der Waals surface area contributed by atoms with Crippen LogP contribution in [0.1, 0.15) is 5.56 Å². The summed E-state index contributed by atoms with van der Waals surface area (Å²) in [7, 11) is 1.52. The van der Waals surface area contributed by atoms with Gasteiger partial charge in [-0.1, -0.05) is 29.3 Å². The minimum atomic E-state index is -0.530. The van der Waals surface area contributed by atoms with Crippen molar-refractivity contribution in [2.45, 2.75) is 11.7 Å². The first-order valence-electron chi connectivity index (χ1n) is 8.17. The largest absolute Gasteiger partial charge is 0.493 e. The lowest BCUT2D eigenvalue weighted by atomic mass is 10.1. The highest BCUT2D eigenvalue weighted by Crippen LogP contribution is 2.39. The lowest BCUT2D eigenvalue weighted by Crippen LogP contribution is -2.32. The molecular formula is C20H15BrClNO4S. The Hall–Kier alpha value is -2.14. The summed E-state index contributed by atoms with van der Waals surface area (Å²) in [6, 6.07) is 10.2. The van der Waals surface area contributed by atoms with E-state index in [9.17, 15) is 9.59 Å². The highest BCUT2D eigenvalue weighted by atomic mass is 79.9. The van der Waals surface area contributed by atoms with Crippen molar-refractivity contribution in [2.24, 2.45) is 0 Å². The molecule has 0 aliphatic carbocycles. The van der Waals surface area contributed by atoms with Crippen molar-refractivity contribution >= 4 is 56.1 Å². The van der Waals surface area contributed by atoms with Crippen LogP contribution in [0.15, 0.2) is 40.9 Å². The molecule has 0 spiro atoms. The summed E-state index contributed by atoms with van der Waals surface area (Å²) in [5.74, 6) is 3.13. The van der Waals surface area contributed by atoms with Crippen LogP contribution in [0.4, 0.5) is 10.5 Å². The van der Waals surface area contributed by atoms with Gasteiger partial charge in [0, 0.05) is 5.02 Å². The van der Waals surface area contributed by atoms with Gasteiger partial charge in [0.2, 0.25) is 5.91 Å².